The molecule has 2 rings (SSSR count). The molecule has 80 valence electrons. The lowest BCUT2D eigenvalue weighted by molar-refractivity contribution is -0.136. The van der Waals surface area contributed by atoms with Gasteiger partial charge in [0.1, 0.15) is 0 Å². The Hall–Kier alpha value is -1.69. The van der Waals surface area contributed by atoms with E-state index in [1.807, 2.05) is 0 Å². The minimum absolute atomic E-state index is 0.0686. The van der Waals surface area contributed by atoms with Crippen LogP contribution in [0.15, 0.2) is 0 Å². The number of carboxylic acid groups (broad SMARTS) is 1. The number of hydrogen-bond acceptors (Lipinski definition) is 5. The van der Waals surface area contributed by atoms with Crippen molar-refractivity contribution < 1.29 is 15.0 Å². The van der Waals surface area contributed by atoms with Gasteiger partial charge in [-0.15, -0.1) is 0 Å². The van der Waals surface area contributed by atoms with Gasteiger partial charge in [0, 0.05) is 5.56 Å². The van der Waals surface area contributed by atoms with Gasteiger partial charge >= 0.3 is 5.97 Å². The summed E-state index contributed by atoms with van der Waals surface area (Å²) in [5, 5.41) is 18.3. The Morgan fingerprint density at radius 3 is 2.93 bits per heavy atom. The van der Waals surface area contributed by atoms with Crippen molar-refractivity contribution in [2.75, 3.05) is 5.73 Å². The minimum atomic E-state index is -0.991. The molecule has 0 amide bonds. The third-order valence-corrected chi connectivity index (χ3v) is 2.43. The number of aromatic nitrogens is 2. The molecular weight excluding hydrogens is 198 g/mol. The molecule has 1 aliphatic rings. The molecule has 0 aliphatic heterocycles. The number of nitrogens with zero attached hydrogens (tertiary/aromatic N) is 2. The van der Waals surface area contributed by atoms with Gasteiger partial charge in [-0.25, -0.2) is 9.97 Å². The molecule has 1 aromatic rings. The van der Waals surface area contributed by atoms with Crippen LogP contribution in [0.1, 0.15) is 29.5 Å². The zero-order chi connectivity index (χ0) is 11.0. The number of rotatable bonds is 2. The molecule has 0 aromatic carbocycles. The summed E-state index contributed by atoms with van der Waals surface area (Å²) in [7, 11) is 0. The van der Waals surface area contributed by atoms with Crippen LogP contribution in [0.3, 0.4) is 0 Å². The number of fused-ring (bicyclic) bond motifs is 1. The second kappa shape index (κ2) is 3.47. The highest BCUT2D eigenvalue weighted by Crippen LogP contribution is 2.32. The molecule has 1 aromatic heterocycles. The van der Waals surface area contributed by atoms with Crippen molar-refractivity contribution in [2.45, 2.75) is 25.4 Å². The van der Waals surface area contributed by atoms with Gasteiger partial charge in [0.25, 0.3) is 0 Å². The number of aliphatic hydroxyl groups is 1. The molecule has 1 heterocycles. The second-order valence-electron chi connectivity index (χ2n) is 3.51. The fraction of sp³-hybridized carbons (Fsp3) is 0.444. The van der Waals surface area contributed by atoms with Crippen LogP contribution >= 0.6 is 0 Å². The number of carbonyl (C=O) groups is 1. The van der Waals surface area contributed by atoms with Crippen LogP contribution in [0.2, 0.25) is 0 Å². The van der Waals surface area contributed by atoms with Crippen LogP contribution in [0.4, 0.5) is 5.95 Å². The SMILES string of the molecule is Nc1nc2c(c(CC(=O)O)n1)C(O)CC2. The van der Waals surface area contributed by atoms with E-state index in [-0.39, 0.29) is 12.4 Å². The fourth-order valence-electron chi connectivity index (χ4n) is 1.86. The molecule has 0 saturated heterocycles. The first-order valence-corrected chi connectivity index (χ1v) is 4.63. The van der Waals surface area contributed by atoms with Gasteiger partial charge < -0.3 is 15.9 Å². The Balaban J connectivity index is 2.48. The number of nitrogen functional groups attached to an aromatic ring is 1. The maximum absolute atomic E-state index is 10.6. The second-order valence-corrected chi connectivity index (χ2v) is 3.51. The molecule has 4 N–H and O–H groups in total. The highest BCUT2D eigenvalue weighted by molar-refractivity contribution is 5.70. The number of carboxylic acids is 1. The molecule has 1 unspecified atom stereocenters. The maximum Gasteiger partial charge on any atom is 0.309 e. The average molecular weight is 209 g/mol. The topological polar surface area (TPSA) is 109 Å². The zero-order valence-corrected chi connectivity index (χ0v) is 7.97. The minimum Gasteiger partial charge on any atom is -0.481 e. The summed E-state index contributed by atoms with van der Waals surface area (Å²) in [6, 6.07) is 0. The third kappa shape index (κ3) is 1.75. The largest absolute Gasteiger partial charge is 0.481 e. The number of aliphatic hydroxyl groups excluding tert-OH is 1. The van der Waals surface area contributed by atoms with Crippen LogP contribution in [0.25, 0.3) is 0 Å². The van der Waals surface area contributed by atoms with E-state index >= 15 is 0 Å². The number of nitrogens with two attached hydrogens (primary N) is 1. The summed E-state index contributed by atoms with van der Waals surface area (Å²) in [6.07, 6.45) is 0.289. The van der Waals surface area contributed by atoms with Crippen LogP contribution < -0.4 is 5.73 Å². The smallest absolute Gasteiger partial charge is 0.309 e. The summed E-state index contributed by atoms with van der Waals surface area (Å²) in [5.74, 6) is -0.923. The first kappa shape index (κ1) is 9.85. The van der Waals surface area contributed by atoms with Crippen LogP contribution in [-0.4, -0.2) is 26.2 Å². The molecule has 0 spiro atoms. The lowest BCUT2D eigenvalue weighted by Gasteiger charge is -2.08. The van der Waals surface area contributed by atoms with Crippen LogP contribution in [-0.2, 0) is 17.6 Å². The third-order valence-electron chi connectivity index (χ3n) is 2.43. The number of hydrogen-bond donors (Lipinski definition) is 3. The van der Waals surface area contributed by atoms with Crippen molar-refractivity contribution in [3.63, 3.8) is 0 Å². The Morgan fingerprint density at radius 2 is 2.27 bits per heavy atom. The molecule has 0 bridgehead atoms. The van der Waals surface area contributed by atoms with Gasteiger partial charge in [0.15, 0.2) is 0 Å². The van der Waals surface area contributed by atoms with Gasteiger partial charge in [-0.1, -0.05) is 0 Å². The summed E-state index contributed by atoms with van der Waals surface area (Å²) >= 11 is 0. The molecule has 0 radical (unpaired) electrons. The first-order valence-electron chi connectivity index (χ1n) is 4.63. The summed E-state index contributed by atoms with van der Waals surface area (Å²) in [4.78, 5) is 18.5. The highest BCUT2D eigenvalue weighted by atomic mass is 16.4. The lowest BCUT2D eigenvalue weighted by Crippen LogP contribution is -2.11. The molecular formula is C9H11N3O3. The Kier molecular flexibility index (Phi) is 2.28. The predicted octanol–water partition coefficient (Wildman–Crippen LogP) is -0.335. The summed E-state index contributed by atoms with van der Waals surface area (Å²) in [5.41, 5.74) is 7.00. The van der Waals surface area contributed by atoms with E-state index in [1.165, 1.54) is 0 Å². The van der Waals surface area contributed by atoms with Gasteiger partial charge in [-0.3, -0.25) is 4.79 Å². The van der Waals surface area contributed by atoms with Crippen molar-refractivity contribution >= 4 is 11.9 Å². The number of aryl methyl sites for hydroxylation is 1. The van der Waals surface area contributed by atoms with E-state index in [1.54, 1.807) is 0 Å². The van der Waals surface area contributed by atoms with E-state index in [2.05, 4.69) is 9.97 Å². The molecule has 6 heteroatoms. The normalized spacial score (nSPS) is 18.9. The number of anilines is 1. The molecule has 1 atom stereocenters. The molecule has 1 aliphatic carbocycles. The molecule has 0 saturated carbocycles. The quantitative estimate of drug-likeness (QED) is 0.615. The van der Waals surface area contributed by atoms with E-state index in [9.17, 15) is 9.90 Å². The van der Waals surface area contributed by atoms with Crippen molar-refractivity contribution in [3.05, 3.63) is 17.0 Å². The molecule has 0 fully saturated rings. The van der Waals surface area contributed by atoms with Crippen molar-refractivity contribution in [2.24, 2.45) is 0 Å². The summed E-state index contributed by atoms with van der Waals surface area (Å²) in [6.45, 7) is 0. The fourth-order valence-corrected chi connectivity index (χ4v) is 1.86. The van der Waals surface area contributed by atoms with Crippen LogP contribution in [0, 0.1) is 0 Å². The Labute approximate surface area is 85.8 Å². The molecule has 6 nitrogen and oxygen atoms in total. The van der Waals surface area contributed by atoms with Crippen molar-refractivity contribution in [1.82, 2.24) is 9.97 Å². The highest BCUT2D eigenvalue weighted by Gasteiger charge is 2.27. The monoisotopic (exact) mass is 209 g/mol. The zero-order valence-electron chi connectivity index (χ0n) is 7.97. The maximum atomic E-state index is 10.6. The Bertz CT molecular complexity index is 419. The van der Waals surface area contributed by atoms with Gasteiger partial charge in [0.05, 0.1) is 23.9 Å². The van der Waals surface area contributed by atoms with E-state index < -0.39 is 12.1 Å². The predicted molar refractivity (Wildman–Crippen MR) is 51.1 cm³/mol. The van der Waals surface area contributed by atoms with E-state index in [0.29, 0.717) is 29.8 Å². The van der Waals surface area contributed by atoms with Gasteiger partial charge in [-0.05, 0) is 12.8 Å². The van der Waals surface area contributed by atoms with Crippen molar-refractivity contribution in [3.8, 4) is 0 Å². The van der Waals surface area contributed by atoms with Crippen molar-refractivity contribution in [1.29, 1.82) is 0 Å². The average Bonchev–Trinajstić information content (AvgIpc) is 2.46. The molecule has 15 heavy (non-hydrogen) atoms. The van der Waals surface area contributed by atoms with Crippen LogP contribution in [0.5, 0.6) is 0 Å². The van der Waals surface area contributed by atoms with E-state index in [0.717, 1.165) is 0 Å². The van der Waals surface area contributed by atoms with Gasteiger partial charge in [-0.2, -0.15) is 0 Å². The lowest BCUT2D eigenvalue weighted by atomic mass is 10.1. The number of aliphatic carboxylic acids is 1. The summed E-state index contributed by atoms with van der Waals surface area (Å²) < 4.78 is 0. The first-order chi connectivity index (χ1) is 7.08. The van der Waals surface area contributed by atoms with E-state index in [4.69, 9.17) is 10.8 Å². The van der Waals surface area contributed by atoms with Gasteiger partial charge in [0.2, 0.25) is 5.95 Å². The Morgan fingerprint density at radius 1 is 1.53 bits per heavy atom. The standard InChI is InChI=1S/C9H11N3O3/c10-9-11-4-1-2-6(13)8(4)5(12-9)3-7(14)15/h6,13H,1-3H2,(H,14,15)(H2,10,11,12).